The number of benzene rings is 1. The maximum absolute atomic E-state index is 13.3. The number of nitrogens with zero attached hydrogens (tertiary/aromatic N) is 4. The van der Waals surface area contributed by atoms with Gasteiger partial charge in [0.25, 0.3) is 0 Å². The standard InChI is InChI=1S/C24H25F3N4O4S/c1-13-8-15(17-12-29-19(36-17)10-14(2)20(32)33)11-16(9-13)31(22(34)35-23(3,4)5)21-28-7-6-18(30-21)24(25,26)27/h6-9,11-12,14H,10H2,1-5H3,(H,32,33)/t14-/m1/s1. The van der Waals surface area contributed by atoms with Crippen molar-refractivity contribution in [3.05, 3.63) is 52.9 Å². The Labute approximate surface area is 209 Å². The first-order valence-corrected chi connectivity index (χ1v) is 11.7. The molecule has 3 aromatic rings. The summed E-state index contributed by atoms with van der Waals surface area (Å²) in [6.07, 6.45) is -2.91. The summed E-state index contributed by atoms with van der Waals surface area (Å²) >= 11 is 1.29. The second-order valence-electron chi connectivity index (χ2n) is 9.17. The van der Waals surface area contributed by atoms with Gasteiger partial charge in [0, 0.05) is 18.8 Å². The summed E-state index contributed by atoms with van der Waals surface area (Å²) in [7, 11) is 0. The van der Waals surface area contributed by atoms with Gasteiger partial charge in [-0.25, -0.2) is 24.6 Å². The summed E-state index contributed by atoms with van der Waals surface area (Å²) in [5, 5.41) is 9.78. The molecule has 2 heterocycles. The van der Waals surface area contributed by atoms with Crippen LogP contribution in [0.15, 0.2) is 36.7 Å². The molecule has 2 aromatic heterocycles. The molecule has 0 aliphatic heterocycles. The molecule has 0 saturated carbocycles. The molecule has 1 atom stereocenters. The van der Waals surface area contributed by atoms with Gasteiger partial charge in [-0.15, -0.1) is 11.3 Å². The van der Waals surface area contributed by atoms with Crippen LogP contribution in [0, 0.1) is 12.8 Å². The Morgan fingerprint density at radius 1 is 1.17 bits per heavy atom. The first-order chi connectivity index (χ1) is 16.6. The molecular weight excluding hydrogens is 497 g/mol. The molecular formula is C24H25F3N4O4S. The number of aliphatic carboxylic acids is 1. The number of hydrogen-bond acceptors (Lipinski definition) is 7. The van der Waals surface area contributed by atoms with Crippen molar-refractivity contribution < 1.29 is 32.6 Å². The van der Waals surface area contributed by atoms with E-state index >= 15 is 0 Å². The molecule has 8 nitrogen and oxygen atoms in total. The number of alkyl halides is 3. The number of amides is 1. The summed E-state index contributed by atoms with van der Waals surface area (Å²) < 4.78 is 45.4. The number of hydrogen-bond donors (Lipinski definition) is 1. The molecule has 0 spiro atoms. The lowest BCUT2D eigenvalue weighted by Gasteiger charge is -2.27. The Hall–Kier alpha value is -3.54. The van der Waals surface area contributed by atoms with Crippen LogP contribution in [0.4, 0.5) is 29.6 Å². The highest BCUT2D eigenvalue weighted by Gasteiger charge is 2.35. The minimum atomic E-state index is -4.73. The summed E-state index contributed by atoms with van der Waals surface area (Å²) in [5.74, 6) is -2.03. The van der Waals surface area contributed by atoms with E-state index in [1.54, 1.807) is 52.9 Å². The van der Waals surface area contributed by atoms with E-state index in [-0.39, 0.29) is 12.1 Å². The molecule has 0 fully saturated rings. The lowest BCUT2D eigenvalue weighted by molar-refractivity contribution is -0.142. The zero-order chi connectivity index (χ0) is 26.8. The maximum Gasteiger partial charge on any atom is 0.433 e. The van der Waals surface area contributed by atoms with Crippen LogP contribution in [0.25, 0.3) is 10.4 Å². The summed E-state index contributed by atoms with van der Waals surface area (Å²) in [6, 6.07) is 5.74. The van der Waals surface area contributed by atoms with Gasteiger partial charge in [-0.1, -0.05) is 13.0 Å². The quantitative estimate of drug-likeness (QED) is 0.407. The fourth-order valence-corrected chi connectivity index (χ4v) is 4.18. The topological polar surface area (TPSA) is 106 Å². The van der Waals surface area contributed by atoms with Crippen molar-refractivity contribution in [2.24, 2.45) is 5.92 Å². The Bertz CT molecular complexity index is 1270. The normalized spacial score (nSPS) is 12.8. The molecule has 0 radical (unpaired) electrons. The molecule has 0 saturated heterocycles. The van der Waals surface area contributed by atoms with Gasteiger partial charge in [-0.2, -0.15) is 13.2 Å². The van der Waals surface area contributed by atoms with E-state index in [0.29, 0.717) is 21.0 Å². The maximum atomic E-state index is 13.3. The second-order valence-corrected chi connectivity index (χ2v) is 10.3. The largest absolute Gasteiger partial charge is 0.481 e. The van der Waals surface area contributed by atoms with E-state index in [9.17, 15) is 22.8 Å². The minimum absolute atomic E-state index is 0.201. The number of aromatic nitrogens is 3. The van der Waals surface area contributed by atoms with Crippen LogP contribution < -0.4 is 4.90 Å². The molecule has 192 valence electrons. The summed E-state index contributed by atoms with van der Waals surface area (Å²) in [4.78, 5) is 37.7. The van der Waals surface area contributed by atoms with Crippen LogP contribution in [0.2, 0.25) is 0 Å². The highest BCUT2D eigenvalue weighted by molar-refractivity contribution is 7.15. The number of carboxylic acids is 1. The van der Waals surface area contributed by atoms with Gasteiger partial charge in [0.05, 0.1) is 21.5 Å². The fraction of sp³-hybridized carbons (Fsp3) is 0.375. The van der Waals surface area contributed by atoms with Crippen molar-refractivity contribution in [3.63, 3.8) is 0 Å². The number of thiazole rings is 1. The molecule has 3 rings (SSSR count). The smallest absolute Gasteiger partial charge is 0.433 e. The van der Waals surface area contributed by atoms with E-state index in [1.165, 1.54) is 11.3 Å². The van der Waals surface area contributed by atoms with Gasteiger partial charge in [0.1, 0.15) is 11.3 Å². The third kappa shape index (κ3) is 6.78. The van der Waals surface area contributed by atoms with Gasteiger partial charge in [0.15, 0.2) is 0 Å². The zero-order valence-electron chi connectivity index (χ0n) is 20.3. The molecule has 1 amide bonds. The summed E-state index contributed by atoms with van der Waals surface area (Å²) in [6.45, 7) is 8.25. The van der Waals surface area contributed by atoms with E-state index in [4.69, 9.17) is 9.84 Å². The lowest BCUT2D eigenvalue weighted by atomic mass is 10.1. The number of anilines is 2. The number of carbonyl (C=O) groups is 2. The van der Waals surface area contributed by atoms with Crippen LogP contribution in [0.3, 0.4) is 0 Å². The monoisotopic (exact) mass is 522 g/mol. The molecule has 0 bridgehead atoms. The van der Waals surface area contributed by atoms with Crippen molar-refractivity contribution in [3.8, 4) is 10.4 Å². The third-order valence-electron chi connectivity index (χ3n) is 4.77. The van der Waals surface area contributed by atoms with Gasteiger partial charge in [-0.3, -0.25) is 4.79 Å². The number of carboxylic acid groups (broad SMARTS) is 1. The highest BCUT2D eigenvalue weighted by Crippen LogP contribution is 2.35. The Kier molecular flexibility index (Phi) is 7.68. The fourth-order valence-electron chi connectivity index (χ4n) is 3.15. The number of carbonyl (C=O) groups excluding carboxylic acids is 1. The number of rotatable bonds is 6. The van der Waals surface area contributed by atoms with Gasteiger partial charge >= 0.3 is 18.2 Å². The third-order valence-corrected chi connectivity index (χ3v) is 5.84. The van der Waals surface area contributed by atoms with Crippen LogP contribution in [-0.2, 0) is 22.1 Å². The average Bonchev–Trinajstić information content (AvgIpc) is 3.20. The Morgan fingerprint density at radius 3 is 2.47 bits per heavy atom. The Morgan fingerprint density at radius 2 is 1.86 bits per heavy atom. The van der Waals surface area contributed by atoms with Crippen LogP contribution in [0.1, 0.15) is 44.0 Å². The van der Waals surface area contributed by atoms with Gasteiger partial charge in [-0.05, 0) is 57.0 Å². The van der Waals surface area contributed by atoms with Crippen molar-refractivity contribution in [2.75, 3.05) is 4.90 Å². The van der Waals surface area contributed by atoms with Crippen LogP contribution >= 0.6 is 11.3 Å². The molecule has 0 unspecified atom stereocenters. The average molecular weight is 523 g/mol. The molecule has 12 heteroatoms. The number of ether oxygens (including phenoxy) is 1. The SMILES string of the molecule is Cc1cc(-c2cnc(C[C@@H](C)C(=O)O)s2)cc(N(C(=O)OC(C)(C)C)c2nccc(C(F)(F)F)n2)c1. The first-order valence-electron chi connectivity index (χ1n) is 10.9. The molecule has 0 aliphatic rings. The van der Waals surface area contributed by atoms with E-state index in [1.807, 2.05) is 6.07 Å². The molecule has 1 aromatic carbocycles. The van der Waals surface area contributed by atoms with Gasteiger partial charge < -0.3 is 9.84 Å². The van der Waals surface area contributed by atoms with E-state index in [2.05, 4.69) is 15.0 Å². The van der Waals surface area contributed by atoms with E-state index in [0.717, 1.165) is 17.2 Å². The summed E-state index contributed by atoms with van der Waals surface area (Å²) in [5.41, 5.74) is -0.591. The second kappa shape index (κ2) is 10.2. The predicted molar refractivity (Wildman–Crippen MR) is 128 cm³/mol. The highest BCUT2D eigenvalue weighted by atomic mass is 32.1. The van der Waals surface area contributed by atoms with Crippen molar-refractivity contribution in [2.45, 2.75) is 52.8 Å². The molecule has 36 heavy (non-hydrogen) atoms. The number of aryl methyl sites for hydroxylation is 1. The van der Waals surface area contributed by atoms with Crippen LogP contribution in [0.5, 0.6) is 0 Å². The van der Waals surface area contributed by atoms with Crippen LogP contribution in [-0.4, -0.2) is 37.7 Å². The molecule has 0 aliphatic carbocycles. The van der Waals surface area contributed by atoms with Crippen molar-refractivity contribution >= 4 is 35.0 Å². The Balaban J connectivity index is 2.08. The van der Waals surface area contributed by atoms with Crippen molar-refractivity contribution in [1.82, 2.24) is 15.0 Å². The van der Waals surface area contributed by atoms with E-state index < -0.39 is 41.4 Å². The minimum Gasteiger partial charge on any atom is -0.481 e. The first kappa shape index (κ1) is 27.1. The molecule has 1 N–H and O–H groups in total. The van der Waals surface area contributed by atoms with Crippen molar-refractivity contribution in [1.29, 1.82) is 0 Å². The number of halogens is 3. The lowest BCUT2D eigenvalue weighted by Crippen LogP contribution is -2.35. The predicted octanol–water partition coefficient (Wildman–Crippen LogP) is 6.26. The zero-order valence-corrected chi connectivity index (χ0v) is 21.1. The van der Waals surface area contributed by atoms with Gasteiger partial charge in [0.2, 0.25) is 5.95 Å².